The normalized spacial score (nSPS) is 26.6. The highest BCUT2D eigenvalue weighted by Crippen LogP contribution is 2.35. The van der Waals surface area contributed by atoms with Crippen molar-refractivity contribution < 1.29 is 29.3 Å². The van der Waals surface area contributed by atoms with Crippen LogP contribution >= 0.6 is 11.8 Å². The van der Waals surface area contributed by atoms with Gasteiger partial charge in [-0.15, -0.1) is 0 Å². The van der Waals surface area contributed by atoms with Crippen LogP contribution in [0.25, 0.3) is 0 Å². The number of hydrogen-bond acceptors (Lipinski definition) is 7. The number of carbonyl (C=O) groups is 2. The van der Waals surface area contributed by atoms with Crippen LogP contribution in [0.15, 0.2) is 0 Å². The van der Waals surface area contributed by atoms with Crippen molar-refractivity contribution in [3.63, 3.8) is 0 Å². The average molecular weight is 347 g/mol. The smallest absolute Gasteiger partial charge is 0.407 e. The number of aliphatic hydroxyl groups excluding tert-OH is 2. The van der Waals surface area contributed by atoms with Gasteiger partial charge in [-0.2, -0.15) is 11.8 Å². The zero-order chi connectivity index (χ0) is 16.9. The molecular formula is C15H25NO6S. The van der Waals surface area contributed by atoms with Crippen LogP contribution < -0.4 is 5.32 Å². The molecule has 23 heavy (non-hydrogen) atoms. The van der Waals surface area contributed by atoms with Crippen LogP contribution in [-0.2, 0) is 14.3 Å². The summed E-state index contributed by atoms with van der Waals surface area (Å²) in [7, 11) is 0. The Morgan fingerprint density at radius 2 is 2.17 bits per heavy atom. The van der Waals surface area contributed by atoms with Gasteiger partial charge in [0.15, 0.2) is 0 Å². The fourth-order valence-corrected chi connectivity index (χ4v) is 4.09. The van der Waals surface area contributed by atoms with Gasteiger partial charge in [0.1, 0.15) is 12.7 Å². The number of hydrogen-bond donors (Lipinski definition) is 3. The average Bonchev–Trinajstić information content (AvgIpc) is 3.08. The van der Waals surface area contributed by atoms with E-state index < -0.39 is 5.41 Å². The Morgan fingerprint density at radius 1 is 1.43 bits per heavy atom. The molecule has 0 spiro atoms. The summed E-state index contributed by atoms with van der Waals surface area (Å²) in [6, 6.07) is 0.122. The lowest BCUT2D eigenvalue weighted by molar-refractivity contribution is -0.149. The molecule has 0 unspecified atom stereocenters. The predicted octanol–water partition coefficient (Wildman–Crippen LogP) is 0.673. The van der Waals surface area contributed by atoms with Crippen molar-refractivity contribution in [2.45, 2.75) is 50.0 Å². The number of aliphatic hydroxyl groups is 2. The van der Waals surface area contributed by atoms with Gasteiger partial charge in [0.25, 0.3) is 0 Å². The first-order chi connectivity index (χ1) is 11.0. The minimum atomic E-state index is -0.787. The van der Waals surface area contributed by atoms with E-state index in [2.05, 4.69) is 5.32 Å². The molecule has 0 aromatic heterocycles. The van der Waals surface area contributed by atoms with Gasteiger partial charge in [0.2, 0.25) is 0 Å². The Hall–Kier alpha value is -0.990. The van der Waals surface area contributed by atoms with Crippen LogP contribution in [0, 0.1) is 5.41 Å². The summed E-state index contributed by atoms with van der Waals surface area (Å²) in [5, 5.41) is 21.4. The third kappa shape index (κ3) is 4.99. The van der Waals surface area contributed by atoms with Crippen molar-refractivity contribution in [2.24, 2.45) is 5.41 Å². The zero-order valence-corrected chi connectivity index (χ0v) is 14.1. The van der Waals surface area contributed by atoms with E-state index in [1.165, 1.54) is 0 Å². The minimum absolute atomic E-state index is 0.0166. The van der Waals surface area contributed by atoms with Gasteiger partial charge in [-0.3, -0.25) is 4.79 Å². The SMILES string of the molecule is CC(CO)(CO)COC(=O)CCCC[C@@H]1SC[C@@H]2NC(=O)O[C@@H]21. The second-order valence-corrected chi connectivity index (χ2v) is 7.80. The summed E-state index contributed by atoms with van der Waals surface area (Å²) in [5.74, 6) is 0.563. The molecule has 1 amide bonds. The fourth-order valence-electron chi connectivity index (χ4n) is 2.60. The second kappa shape index (κ2) is 8.21. The Labute approximate surface area is 140 Å². The zero-order valence-electron chi connectivity index (χ0n) is 13.3. The summed E-state index contributed by atoms with van der Waals surface area (Å²) >= 11 is 1.80. The molecule has 7 nitrogen and oxygen atoms in total. The molecule has 0 saturated carbocycles. The molecule has 2 heterocycles. The van der Waals surface area contributed by atoms with Gasteiger partial charge in [-0.05, 0) is 12.8 Å². The van der Waals surface area contributed by atoms with Crippen LogP contribution in [0.1, 0.15) is 32.6 Å². The number of rotatable bonds is 9. The van der Waals surface area contributed by atoms with Crippen LogP contribution in [0.5, 0.6) is 0 Å². The maximum Gasteiger partial charge on any atom is 0.407 e. The summed E-state index contributed by atoms with van der Waals surface area (Å²) in [5.41, 5.74) is -0.787. The third-order valence-corrected chi connectivity index (χ3v) is 5.75. The maximum atomic E-state index is 11.7. The fraction of sp³-hybridized carbons (Fsp3) is 0.867. The lowest BCUT2D eigenvalue weighted by Crippen LogP contribution is -2.32. The molecule has 3 N–H and O–H groups in total. The maximum absolute atomic E-state index is 11.7. The number of thioether (sulfide) groups is 1. The largest absolute Gasteiger partial charge is 0.465 e. The first kappa shape index (κ1) is 18.4. The van der Waals surface area contributed by atoms with Gasteiger partial charge < -0.3 is 25.0 Å². The number of carbonyl (C=O) groups excluding carboxylic acids is 2. The molecule has 2 rings (SSSR count). The van der Waals surface area contributed by atoms with Gasteiger partial charge in [-0.1, -0.05) is 13.3 Å². The molecular weight excluding hydrogens is 322 g/mol. The third-order valence-electron chi connectivity index (χ3n) is 4.26. The minimum Gasteiger partial charge on any atom is -0.465 e. The molecule has 0 bridgehead atoms. The molecule has 2 saturated heterocycles. The van der Waals surface area contributed by atoms with Gasteiger partial charge in [-0.25, -0.2) is 4.79 Å². The van der Waals surface area contributed by atoms with E-state index in [0.717, 1.165) is 18.6 Å². The Kier molecular flexibility index (Phi) is 6.55. The second-order valence-electron chi connectivity index (χ2n) is 6.53. The van der Waals surface area contributed by atoms with Crippen molar-refractivity contribution in [1.82, 2.24) is 5.32 Å². The molecule has 8 heteroatoms. The van der Waals surface area contributed by atoms with Crippen LogP contribution in [0.2, 0.25) is 0 Å². The highest BCUT2D eigenvalue weighted by Gasteiger charge is 2.44. The van der Waals surface area contributed by atoms with Crippen molar-refractivity contribution in [1.29, 1.82) is 0 Å². The lowest BCUT2D eigenvalue weighted by atomic mass is 9.94. The van der Waals surface area contributed by atoms with E-state index in [1.807, 2.05) is 0 Å². The van der Waals surface area contributed by atoms with E-state index in [4.69, 9.17) is 19.7 Å². The number of unbranched alkanes of at least 4 members (excludes halogenated alkanes) is 1. The Morgan fingerprint density at radius 3 is 2.87 bits per heavy atom. The van der Waals surface area contributed by atoms with Crippen molar-refractivity contribution in [3.05, 3.63) is 0 Å². The number of ether oxygens (including phenoxy) is 2. The van der Waals surface area contributed by atoms with Crippen molar-refractivity contribution >= 4 is 23.8 Å². The molecule has 132 valence electrons. The first-order valence-electron chi connectivity index (χ1n) is 7.93. The standard InChI is InChI=1S/C15H25NO6S/c1-15(7-17,8-18)9-21-12(19)5-3-2-4-11-13-10(6-23-11)16-14(20)22-13/h10-11,13,17-18H,2-9H2,1H3,(H,16,20)/t10-,11-,13-/m0/s1. The highest BCUT2D eigenvalue weighted by atomic mass is 32.2. The number of amides is 1. The van der Waals surface area contributed by atoms with Crippen molar-refractivity contribution in [3.8, 4) is 0 Å². The van der Waals surface area contributed by atoms with Gasteiger partial charge in [0, 0.05) is 22.8 Å². The molecule has 0 radical (unpaired) electrons. The first-order valence-corrected chi connectivity index (χ1v) is 8.98. The van der Waals surface area contributed by atoms with E-state index in [9.17, 15) is 9.59 Å². The molecule has 2 fully saturated rings. The molecule has 0 aliphatic carbocycles. The quantitative estimate of drug-likeness (QED) is 0.416. The van der Waals surface area contributed by atoms with Gasteiger partial charge >= 0.3 is 12.1 Å². The van der Waals surface area contributed by atoms with E-state index >= 15 is 0 Å². The lowest BCUT2D eigenvalue weighted by Gasteiger charge is -2.23. The summed E-state index contributed by atoms with van der Waals surface area (Å²) in [6.07, 6.45) is 2.42. The topological polar surface area (TPSA) is 105 Å². The molecule has 0 aromatic rings. The predicted molar refractivity (Wildman–Crippen MR) is 85.1 cm³/mol. The Balaban J connectivity index is 1.58. The van der Waals surface area contributed by atoms with Crippen LogP contribution in [0.3, 0.4) is 0 Å². The number of esters is 1. The van der Waals surface area contributed by atoms with Gasteiger partial charge in [0.05, 0.1) is 19.3 Å². The molecule has 0 aromatic carbocycles. The molecule has 2 aliphatic heterocycles. The Bertz CT molecular complexity index is 428. The summed E-state index contributed by atoms with van der Waals surface area (Å²) < 4.78 is 10.4. The van der Waals surface area contributed by atoms with E-state index in [-0.39, 0.29) is 44.0 Å². The van der Waals surface area contributed by atoms with Crippen molar-refractivity contribution in [2.75, 3.05) is 25.6 Å². The number of fused-ring (bicyclic) bond motifs is 1. The number of nitrogens with one attached hydrogen (secondary N) is 1. The molecule has 2 aliphatic rings. The molecule has 3 atom stereocenters. The van der Waals surface area contributed by atoms with E-state index in [0.29, 0.717) is 18.1 Å². The number of alkyl carbamates (subject to hydrolysis) is 1. The monoisotopic (exact) mass is 347 g/mol. The summed E-state index contributed by atoms with van der Waals surface area (Å²) in [4.78, 5) is 22.9. The van der Waals surface area contributed by atoms with Crippen LogP contribution in [-0.4, -0.2) is 65.2 Å². The highest BCUT2D eigenvalue weighted by molar-refractivity contribution is 8.00. The van der Waals surface area contributed by atoms with Crippen LogP contribution in [0.4, 0.5) is 4.79 Å². The van der Waals surface area contributed by atoms with E-state index in [1.54, 1.807) is 18.7 Å². The summed E-state index contributed by atoms with van der Waals surface area (Å²) in [6.45, 7) is 1.21.